The third-order valence-corrected chi connectivity index (χ3v) is 6.12. The number of carbonyl (C=O) groups is 1. The van der Waals surface area contributed by atoms with E-state index in [1.807, 2.05) is 91.5 Å². The van der Waals surface area contributed by atoms with Gasteiger partial charge >= 0.3 is 0 Å². The van der Waals surface area contributed by atoms with Crippen LogP contribution in [0.3, 0.4) is 0 Å². The smallest absolute Gasteiger partial charge is 0.258 e. The number of rotatable bonds is 4. The molecule has 2 heterocycles. The van der Waals surface area contributed by atoms with Gasteiger partial charge in [-0.2, -0.15) is 4.80 Å². The topological polar surface area (TPSA) is 67.2 Å². The molecule has 0 unspecified atom stereocenters. The fourth-order valence-corrected chi connectivity index (χ4v) is 4.22. The summed E-state index contributed by atoms with van der Waals surface area (Å²) >= 11 is 0. The van der Waals surface area contributed by atoms with E-state index in [0.717, 1.165) is 46.6 Å². The van der Waals surface area contributed by atoms with Crippen LogP contribution in [0.2, 0.25) is 0 Å². The minimum Gasteiger partial charge on any atom is -0.378 e. The van der Waals surface area contributed by atoms with Gasteiger partial charge in [-0.3, -0.25) is 9.69 Å². The Bertz CT molecular complexity index is 1250. The lowest BCUT2D eigenvalue weighted by Gasteiger charge is -2.27. The zero-order valence-corrected chi connectivity index (χ0v) is 19.0. The molecule has 1 aromatic heterocycles. The van der Waals surface area contributed by atoms with Gasteiger partial charge in [0.05, 0.1) is 11.4 Å². The molecule has 7 nitrogen and oxygen atoms in total. The first-order valence-corrected chi connectivity index (χ1v) is 11.1. The molecule has 0 saturated carbocycles. The highest BCUT2D eigenvalue weighted by Crippen LogP contribution is 2.37. The molecule has 3 aromatic carbocycles. The van der Waals surface area contributed by atoms with Gasteiger partial charge in [0.1, 0.15) is 6.04 Å². The second-order valence-corrected chi connectivity index (χ2v) is 8.48. The van der Waals surface area contributed by atoms with E-state index in [-0.39, 0.29) is 5.91 Å². The second-order valence-electron chi connectivity index (χ2n) is 8.48. The lowest BCUT2D eigenvalue weighted by Crippen LogP contribution is -2.34. The molecule has 1 aliphatic heterocycles. The van der Waals surface area contributed by atoms with Gasteiger partial charge in [-0.05, 0) is 72.5 Å². The lowest BCUT2D eigenvalue weighted by atomic mass is 10.0. The van der Waals surface area contributed by atoms with Gasteiger partial charge in [-0.1, -0.05) is 36.4 Å². The largest absolute Gasteiger partial charge is 0.378 e. The quantitative estimate of drug-likeness (QED) is 0.472. The monoisotopic (exact) mass is 438 g/mol. The summed E-state index contributed by atoms with van der Waals surface area (Å²) in [5.74, 6) is 0.403. The van der Waals surface area contributed by atoms with E-state index in [4.69, 9.17) is 0 Å². The average Bonchev–Trinajstić information content (AvgIpc) is 3.27. The third kappa shape index (κ3) is 3.86. The second kappa shape index (κ2) is 8.50. The van der Waals surface area contributed by atoms with Crippen molar-refractivity contribution in [3.8, 4) is 11.4 Å². The maximum Gasteiger partial charge on any atom is 0.258 e. The number of nitrogens with zero attached hydrogens (tertiary/aromatic N) is 6. The summed E-state index contributed by atoms with van der Waals surface area (Å²) in [6.45, 7) is 1.82. The molecule has 1 atom stereocenters. The van der Waals surface area contributed by atoms with Crippen molar-refractivity contribution in [1.82, 2.24) is 20.2 Å². The Morgan fingerprint density at radius 3 is 2.03 bits per heavy atom. The zero-order valence-electron chi connectivity index (χ0n) is 19.0. The van der Waals surface area contributed by atoms with Crippen molar-refractivity contribution in [3.05, 3.63) is 83.9 Å². The van der Waals surface area contributed by atoms with Crippen molar-refractivity contribution in [2.75, 3.05) is 23.9 Å². The SMILES string of the molecule is C[C@H](C(=O)N1c2ccccc2CCc2ccccc21)n1nnc(-c2ccc(N(C)C)cc2)n1. The van der Waals surface area contributed by atoms with Gasteiger partial charge in [0.15, 0.2) is 0 Å². The number of hydrogen-bond acceptors (Lipinski definition) is 5. The van der Waals surface area contributed by atoms with Gasteiger partial charge in [-0.25, -0.2) is 0 Å². The van der Waals surface area contributed by atoms with Crippen LogP contribution < -0.4 is 9.80 Å². The van der Waals surface area contributed by atoms with E-state index in [1.165, 1.54) is 4.80 Å². The Balaban J connectivity index is 1.48. The van der Waals surface area contributed by atoms with Crippen LogP contribution >= 0.6 is 0 Å². The maximum atomic E-state index is 13.8. The fourth-order valence-electron chi connectivity index (χ4n) is 4.22. The van der Waals surface area contributed by atoms with E-state index in [1.54, 1.807) is 0 Å². The number of hydrogen-bond donors (Lipinski definition) is 0. The summed E-state index contributed by atoms with van der Waals surface area (Å²) in [6.07, 6.45) is 1.78. The summed E-state index contributed by atoms with van der Waals surface area (Å²) in [4.78, 5) is 19.1. The standard InChI is InChI=1S/C26H26N6O/c1-18(32-28-25(27-29-32)21-14-16-22(17-15-21)30(2)3)26(33)31-23-10-6-4-8-19(23)12-13-20-9-5-7-11-24(20)31/h4-11,14-18H,12-13H2,1-3H3/t18-/m1/s1. The van der Waals surface area contributed by atoms with E-state index < -0.39 is 6.04 Å². The number of carbonyl (C=O) groups excluding carboxylic acids is 1. The molecule has 0 bridgehead atoms. The van der Waals surface area contributed by atoms with Crippen molar-refractivity contribution >= 4 is 23.0 Å². The summed E-state index contributed by atoms with van der Waals surface area (Å²) in [5, 5.41) is 13.0. The van der Waals surface area contributed by atoms with Crippen molar-refractivity contribution < 1.29 is 4.79 Å². The summed E-state index contributed by atoms with van der Waals surface area (Å²) < 4.78 is 0. The molecule has 0 aliphatic carbocycles. The minimum absolute atomic E-state index is 0.0938. The van der Waals surface area contributed by atoms with Crippen LogP contribution in [-0.4, -0.2) is 40.2 Å². The first kappa shape index (κ1) is 20.9. The number of benzene rings is 3. The fraction of sp³-hybridized carbons (Fsp3) is 0.231. The van der Waals surface area contributed by atoms with Crippen molar-refractivity contribution in [2.24, 2.45) is 0 Å². The van der Waals surface area contributed by atoms with Gasteiger partial charge in [-0.15, -0.1) is 10.2 Å². The van der Waals surface area contributed by atoms with Crippen LogP contribution in [0.25, 0.3) is 11.4 Å². The molecule has 1 amide bonds. The highest BCUT2D eigenvalue weighted by molar-refractivity contribution is 6.04. The number of amides is 1. The van der Waals surface area contributed by atoms with Crippen LogP contribution in [0.4, 0.5) is 17.1 Å². The number of tetrazole rings is 1. The van der Waals surface area contributed by atoms with Gasteiger partial charge in [0.25, 0.3) is 5.91 Å². The van der Waals surface area contributed by atoms with Gasteiger partial charge in [0, 0.05) is 25.3 Å². The minimum atomic E-state index is -0.619. The Morgan fingerprint density at radius 1 is 0.879 bits per heavy atom. The van der Waals surface area contributed by atoms with Gasteiger partial charge in [0.2, 0.25) is 5.82 Å². The van der Waals surface area contributed by atoms with Crippen LogP contribution in [0.15, 0.2) is 72.8 Å². The highest BCUT2D eigenvalue weighted by atomic mass is 16.2. The van der Waals surface area contributed by atoms with Crippen molar-refractivity contribution in [3.63, 3.8) is 0 Å². The van der Waals surface area contributed by atoms with Gasteiger partial charge < -0.3 is 4.90 Å². The molecule has 4 aromatic rings. The molecule has 5 rings (SSSR count). The molecule has 0 N–H and O–H groups in total. The molecule has 7 heteroatoms. The maximum absolute atomic E-state index is 13.8. The zero-order chi connectivity index (χ0) is 22.9. The number of aryl methyl sites for hydroxylation is 2. The van der Waals surface area contributed by atoms with Crippen LogP contribution in [-0.2, 0) is 17.6 Å². The molecule has 0 radical (unpaired) electrons. The molecular formula is C26H26N6O. The lowest BCUT2D eigenvalue weighted by molar-refractivity contribution is -0.121. The Hall–Kier alpha value is -4.00. The van der Waals surface area contributed by atoms with E-state index in [9.17, 15) is 4.79 Å². The van der Waals surface area contributed by atoms with Crippen LogP contribution in [0.1, 0.15) is 24.1 Å². The first-order valence-electron chi connectivity index (χ1n) is 11.1. The molecule has 33 heavy (non-hydrogen) atoms. The molecule has 0 fully saturated rings. The van der Waals surface area contributed by atoms with Crippen molar-refractivity contribution in [2.45, 2.75) is 25.8 Å². The molecular weight excluding hydrogens is 412 g/mol. The average molecular weight is 439 g/mol. The summed E-state index contributed by atoms with van der Waals surface area (Å²) in [7, 11) is 3.99. The summed E-state index contributed by atoms with van der Waals surface area (Å²) in [6, 6.07) is 23.5. The normalized spacial score (nSPS) is 13.6. The first-order chi connectivity index (χ1) is 16.0. The predicted octanol–water partition coefficient (Wildman–Crippen LogP) is 4.43. The Morgan fingerprint density at radius 2 is 1.45 bits per heavy atom. The number of anilines is 3. The number of aromatic nitrogens is 4. The van der Waals surface area contributed by atoms with E-state index in [2.05, 4.69) is 27.5 Å². The Labute approximate surface area is 193 Å². The van der Waals surface area contributed by atoms with E-state index >= 15 is 0 Å². The predicted molar refractivity (Wildman–Crippen MR) is 130 cm³/mol. The number of fused-ring (bicyclic) bond motifs is 2. The molecule has 166 valence electrons. The molecule has 0 saturated heterocycles. The molecule has 0 spiro atoms. The number of para-hydroxylation sites is 2. The van der Waals surface area contributed by atoms with Crippen molar-refractivity contribution in [1.29, 1.82) is 0 Å². The summed E-state index contributed by atoms with van der Waals surface area (Å²) in [5.41, 5.74) is 6.09. The molecule has 1 aliphatic rings. The Kier molecular flexibility index (Phi) is 5.38. The highest BCUT2D eigenvalue weighted by Gasteiger charge is 2.31. The third-order valence-electron chi connectivity index (χ3n) is 6.12. The van der Waals surface area contributed by atoms with Crippen LogP contribution in [0.5, 0.6) is 0 Å². The van der Waals surface area contributed by atoms with Crippen LogP contribution in [0, 0.1) is 0 Å². The van der Waals surface area contributed by atoms with E-state index in [0.29, 0.717) is 5.82 Å².